The van der Waals surface area contributed by atoms with Crippen LogP contribution in [0.4, 0.5) is 0 Å². The first kappa shape index (κ1) is 44.1. The summed E-state index contributed by atoms with van der Waals surface area (Å²) in [5.74, 6) is -6.99. The first-order chi connectivity index (χ1) is 28.9. The molecule has 0 amide bonds. The van der Waals surface area contributed by atoms with Gasteiger partial charge in [-0.1, -0.05) is 6.07 Å². The number of rotatable bonds is 13. The van der Waals surface area contributed by atoms with Gasteiger partial charge in [-0.3, -0.25) is 14.4 Å². The number of ether oxygens (including phenoxy) is 6. The quantitative estimate of drug-likeness (QED) is 0.0328. The fourth-order valence-electron chi connectivity index (χ4n) is 6.14. The van der Waals surface area contributed by atoms with Crippen LogP contribution in [0.3, 0.4) is 0 Å². The lowest BCUT2D eigenvalue weighted by Crippen LogP contribution is -2.60. The average Bonchev–Trinajstić information content (AvgIpc) is 3.21. The number of aliphatic hydroxyl groups excluding tert-OH is 6. The van der Waals surface area contributed by atoms with Gasteiger partial charge in [-0.05, 0) is 48.0 Å². The Labute approximate surface area is 341 Å². The standard InChI is InChI=1S/C39H38O22/c40-17-9-21(43)18-11-25(59-39-36(54)34(52)32(50)27(61-39)14-56-30(48)12-28(45)46)37(57-23(18)10-17)16-3-5-20(42)24(8-16)58-38-35(53)33(51)31(49)26(60-38)13-55-29(47)6-2-15-1-4-19(41)22(44)7-15/h1-11,26-27,31-36,38-39,41-44,49-54H,12-14H2,(H,45,46). The van der Waals surface area contributed by atoms with Gasteiger partial charge in [-0.15, -0.1) is 0 Å². The van der Waals surface area contributed by atoms with E-state index in [1.54, 1.807) is 0 Å². The summed E-state index contributed by atoms with van der Waals surface area (Å²) < 4.78 is 38.7. The summed E-state index contributed by atoms with van der Waals surface area (Å²) in [6.07, 6.45) is -17.2. The van der Waals surface area contributed by atoms with E-state index in [1.165, 1.54) is 30.3 Å². The Balaban J connectivity index is 1.25. The van der Waals surface area contributed by atoms with Crippen molar-refractivity contribution in [2.24, 2.45) is 0 Å². The van der Waals surface area contributed by atoms with Crippen LogP contribution in [0.25, 0.3) is 28.7 Å². The molecule has 3 heterocycles. The van der Waals surface area contributed by atoms with Crippen molar-refractivity contribution in [3.63, 3.8) is 0 Å². The maximum Gasteiger partial charge on any atom is 0.330 e. The number of carbonyl (C=O) groups excluding carboxylic acids is 2. The Morgan fingerprint density at radius 1 is 0.639 bits per heavy atom. The zero-order valence-electron chi connectivity index (χ0n) is 31.2. The summed E-state index contributed by atoms with van der Waals surface area (Å²) in [5, 5.41) is 113. The first-order valence-electron chi connectivity index (χ1n) is 18.0. The predicted octanol–water partition coefficient (Wildman–Crippen LogP) is -1.12. The van der Waals surface area contributed by atoms with E-state index < -0.39 is 127 Å². The van der Waals surface area contributed by atoms with Crippen molar-refractivity contribution in [1.29, 1.82) is 0 Å². The topological polar surface area (TPSA) is 359 Å². The fraction of sp³-hybridized carbons (Fsp3) is 0.333. The molecular weight excluding hydrogens is 820 g/mol. The molecule has 0 bridgehead atoms. The second-order valence-electron chi connectivity index (χ2n) is 13.7. The Morgan fingerprint density at radius 2 is 1.25 bits per heavy atom. The molecule has 0 spiro atoms. The normalized spacial score (nSPS) is 26.5. The van der Waals surface area contributed by atoms with Crippen LogP contribution in [0.15, 0.2) is 69.9 Å². The highest BCUT2D eigenvalue weighted by atomic mass is 16.7. The monoisotopic (exact) mass is 858 g/mol. The summed E-state index contributed by atoms with van der Waals surface area (Å²) >= 11 is 0. The van der Waals surface area contributed by atoms with Crippen molar-refractivity contribution < 1.29 is 103 Å². The molecule has 2 aromatic rings. The number of esters is 2. The molecule has 61 heavy (non-hydrogen) atoms. The third kappa shape index (κ3) is 10.1. The van der Waals surface area contributed by atoms with Gasteiger partial charge in [0.2, 0.25) is 12.6 Å². The van der Waals surface area contributed by atoms with Crippen molar-refractivity contribution in [3.05, 3.63) is 76.5 Å². The summed E-state index contributed by atoms with van der Waals surface area (Å²) in [6.45, 7) is -1.47. The molecule has 1 aliphatic carbocycles. The number of carboxylic acid groups (broad SMARTS) is 1. The number of carboxylic acids is 1. The molecule has 326 valence electrons. The van der Waals surface area contributed by atoms with Crippen LogP contribution in [0.1, 0.15) is 12.0 Å². The molecule has 2 fully saturated rings. The molecular formula is C39H38O22. The number of fused-ring (bicyclic) bond motifs is 1. The SMILES string of the molecule is O=C(O)CC(=O)OCC1OC(Oc2cc3c(O)cc(=O)cc-3oc2-c2ccc(O)c(OC3OC(COC(=O)C=Cc4ccc(O)c(O)c4)C(O)C(O)C3O)c2)C(O)C(O)C1O. The van der Waals surface area contributed by atoms with E-state index in [0.29, 0.717) is 5.56 Å². The van der Waals surface area contributed by atoms with Gasteiger partial charge in [0.05, 0.1) is 5.56 Å². The highest BCUT2D eigenvalue weighted by molar-refractivity contribution is 5.90. The Morgan fingerprint density at radius 3 is 1.87 bits per heavy atom. The van der Waals surface area contributed by atoms with Crippen molar-refractivity contribution >= 4 is 24.0 Å². The van der Waals surface area contributed by atoms with E-state index in [9.17, 15) is 70.2 Å². The molecule has 0 aromatic heterocycles. The van der Waals surface area contributed by atoms with Crippen molar-refractivity contribution in [3.8, 4) is 57.1 Å². The number of aromatic hydroxyl groups is 4. The molecule has 2 saturated heterocycles. The van der Waals surface area contributed by atoms with E-state index in [4.69, 9.17) is 37.9 Å². The van der Waals surface area contributed by atoms with Gasteiger partial charge >= 0.3 is 17.9 Å². The highest BCUT2D eigenvalue weighted by Crippen LogP contribution is 2.44. The van der Waals surface area contributed by atoms with Crippen LogP contribution in [-0.2, 0) is 33.3 Å². The molecule has 2 aromatic carbocycles. The van der Waals surface area contributed by atoms with Gasteiger partial charge in [-0.2, -0.15) is 0 Å². The number of aliphatic carboxylic acids is 1. The number of phenolic OH excluding ortho intramolecular Hbond substituents is 4. The van der Waals surface area contributed by atoms with E-state index in [-0.39, 0.29) is 34.1 Å². The van der Waals surface area contributed by atoms with E-state index in [2.05, 4.69) is 0 Å². The van der Waals surface area contributed by atoms with Crippen LogP contribution in [0, 0.1) is 0 Å². The van der Waals surface area contributed by atoms with Crippen LogP contribution in [0.2, 0.25) is 0 Å². The third-order valence-corrected chi connectivity index (χ3v) is 9.36. The molecule has 22 heteroatoms. The highest BCUT2D eigenvalue weighted by Gasteiger charge is 2.47. The maximum atomic E-state index is 12.4. The Kier molecular flexibility index (Phi) is 13.3. The summed E-state index contributed by atoms with van der Waals surface area (Å²) in [4.78, 5) is 47.4. The maximum absolute atomic E-state index is 12.4. The van der Waals surface area contributed by atoms with Crippen LogP contribution < -0.4 is 14.9 Å². The Hall–Kier alpha value is -6.50. The van der Waals surface area contributed by atoms with Crippen molar-refractivity contribution in [2.45, 2.75) is 67.8 Å². The number of benzene rings is 3. The molecule has 10 unspecified atom stereocenters. The molecule has 22 nitrogen and oxygen atoms in total. The summed E-state index contributed by atoms with van der Waals surface area (Å²) in [5.41, 5.74) is -0.506. The molecule has 10 atom stereocenters. The molecule has 11 N–H and O–H groups in total. The second kappa shape index (κ2) is 18.4. The lowest BCUT2D eigenvalue weighted by molar-refractivity contribution is -0.278. The molecule has 0 saturated carbocycles. The van der Waals surface area contributed by atoms with Gasteiger partial charge in [0.15, 0.2) is 39.9 Å². The van der Waals surface area contributed by atoms with Gasteiger partial charge in [0, 0.05) is 23.8 Å². The zero-order chi connectivity index (χ0) is 44.3. The predicted molar refractivity (Wildman–Crippen MR) is 198 cm³/mol. The van der Waals surface area contributed by atoms with E-state index in [0.717, 1.165) is 36.4 Å². The average molecular weight is 859 g/mol. The van der Waals surface area contributed by atoms with Crippen molar-refractivity contribution in [1.82, 2.24) is 0 Å². The minimum absolute atomic E-state index is 0.0457. The lowest BCUT2D eigenvalue weighted by atomic mass is 9.99. The van der Waals surface area contributed by atoms with Gasteiger partial charge < -0.3 is 89.0 Å². The second-order valence-corrected chi connectivity index (χ2v) is 13.7. The molecule has 3 aliphatic heterocycles. The lowest BCUT2D eigenvalue weighted by Gasteiger charge is -2.40. The first-order valence-corrected chi connectivity index (χ1v) is 18.0. The van der Waals surface area contributed by atoms with Gasteiger partial charge in [-0.25, -0.2) is 4.79 Å². The van der Waals surface area contributed by atoms with Crippen molar-refractivity contribution in [2.75, 3.05) is 13.2 Å². The minimum Gasteiger partial charge on any atom is -0.507 e. The summed E-state index contributed by atoms with van der Waals surface area (Å²) in [6, 6.07) is 10.2. The number of hydrogen-bond acceptors (Lipinski definition) is 21. The fourth-order valence-corrected chi connectivity index (χ4v) is 6.14. The van der Waals surface area contributed by atoms with Gasteiger partial charge in [0.25, 0.3) is 0 Å². The third-order valence-electron chi connectivity index (χ3n) is 9.36. The van der Waals surface area contributed by atoms with E-state index in [1.807, 2.05) is 0 Å². The van der Waals surface area contributed by atoms with Crippen LogP contribution in [-0.4, -0.2) is 149 Å². The largest absolute Gasteiger partial charge is 0.507 e. The number of carbonyl (C=O) groups is 3. The number of phenols is 4. The number of aliphatic hydroxyl groups is 6. The van der Waals surface area contributed by atoms with Gasteiger partial charge in [0.1, 0.15) is 80.0 Å². The molecule has 4 aliphatic rings. The molecule has 6 rings (SSSR count). The van der Waals surface area contributed by atoms with E-state index >= 15 is 0 Å². The zero-order valence-corrected chi connectivity index (χ0v) is 31.2. The Bertz CT molecular complexity index is 2310. The summed E-state index contributed by atoms with van der Waals surface area (Å²) in [7, 11) is 0. The molecule has 0 radical (unpaired) electrons. The minimum atomic E-state index is -2.00. The smallest absolute Gasteiger partial charge is 0.330 e. The van der Waals surface area contributed by atoms with Crippen LogP contribution in [0.5, 0.6) is 34.5 Å². The number of hydrogen-bond donors (Lipinski definition) is 11. The van der Waals surface area contributed by atoms with Crippen LogP contribution >= 0.6 is 0 Å².